The van der Waals surface area contributed by atoms with Crippen LogP contribution in [0.5, 0.6) is 0 Å². The summed E-state index contributed by atoms with van der Waals surface area (Å²) in [6, 6.07) is 12.9. The summed E-state index contributed by atoms with van der Waals surface area (Å²) in [5.41, 5.74) is 6.74. The lowest BCUT2D eigenvalue weighted by Crippen LogP contribution is -2.31. The number of carbonyl (C=O) groups excluding carboxylic acids is 1. The van der Waals surface area contributed by atoms with Gasteiger partial charge in [0.25, 0.3) is 0 Å². The topological polar surface area (TPSA) is 26.3 Å². The molecule has 0 fully saturated rings. The highest BCUT2D eigenvalue weighted by Gasteiger charge is 2.39. The second-order valence-corrected chi connectivity index (χ2v) is 8.48. The summed E-state index contributed by atoms with van der Waals surface area (Å²) >= 11 is 0. The Morgan fingerprint density at radius 2 is 1.81 bits per heavy atom. The van der Waals surface area contributed by atoms with E-state index in [0.717, 1.165) is 17.6 Å². The summed E-state index contributed by atoms with van der Waals surface area (Å²) in [4.78, 5) is 12.9. The van der Waals surface area contributed by atoms with E-state index in [0.29, 0.717) is 0 Å². The Hall–Kier alpha value is -2.87. The highest BCUT2D eigenvalue weighted by Crippen LogP contribution is 2.49. The smallest absolute Gasteiger partial charge is 0.318 e. The standard InChI is InChI=1S/C25H22O2/c1-25(2,3)27-24(26)23-17-11-13-20(23)18-12-10-16-7-4-6-15-8-5-9-19(22(15)16)21(18)14-17/h4-13,23H,14H2,1-3H3. The average molecular weight is 354 g/mol. The molecule has 134 valence electrons. The number of esters is 1. The third-order valence-electron chi connectivity index (χ3n) is 5.51. The van der Waals surface area contributed by atoms with Crippen LogP contribution in [0.3, 0.4) is 0 Å². The third kappa shape index (κ3) is 2.51. The van der Waals surface area contributed by atoms with Crippen molar-refractivity contribution in [3.8, 4) is 0 Å². The molecular weight excluding hydrogens is 332 g/mol. The van der Waals surface area contributed by atoms with Crippen molar-refractivity contribution < 1.29 is 9.53 Å². The molecule has 0 amide bonds. The molecule has 27 heavy (non-hydrogen) atoms. The van der Waals surface area contributed by atoms with Gasteiger partial charge in [-0.15, -0.1) is 0 Å². The van der Waals surface area contributed by atoms with Crippen LogP contribution in [0.1, 0.15) is 38.3 Å². The molecule has 2 heteroatoms. The predicted molar refractivity (Wildman–Crippen MR) is 110 cm³/mol. The minimum Gasteiger partial charge on any atom is -0.459 e. The summed E-state index contributed by atoms with van der Waals surface area (Å²) < 4.78 is 5.72. The van der Waals surface area contributed by atoms with E-state index in [1.165, 1.54) is 33.0 Å². The maximum atomic E-state index is 12.9. The van der Waals surface area contributed by atoms with Crippen molar-refractivity contribution in [1.29, 1.82) is 0 Å². The highest BCUT2D eigenvalue weighted by atomic mass is 16.6. The highest BCUT2D eigenvalue weighted by molar-refractivity contribution is 6.05. The third-order valence-corrected chi connectivity index (χ3v) is 5.51. The minimum atomic E-state index is -0.479. The lowest BCUT2D eigenvalue weighted by atomic mass is 9.77. The number of ether oxygens (including phenoxy) is 1. The molecule has 0 radical (unpaired) electrons. The van der Waals surface area contributed by atoms with Gasteiger partial charge in [-0.2, -0.15) is 0 Å². The molecule has 1 unspecified atom stereocenters. The minimum absolute atomic E-state index is 0.141. The van der Waals surface area contributed by atoms with Crippen LogP contribution in [0.15, 0.2) is 71.3 Å². The Balaban J connectivity index is 1.65. The summed E-state index contributed by atoms with van der Waals surface area (Å²) in [6.45, 7) is 5.77. The zero-order valence-corrected chi connectivity index (χ0v) is 15.9. The number of rotatable bonds is 1. The van der Waals surface area contributed by atoms with Crippen molar-refractivity contribution in [3.63, 3.8) is 0 Å². The van der Waals surface area contributed by atoms with Crippen LogP contribution in [0.25, 0.3) is 22.4 Å². The quantitative estimate of drug-likeness (QED) is 0.601. The van der Waals surface area contributed by atoms with Gasteiger partial charge in [-0.05, 0) is 71.4 Å². The van der Waals surface area contributed by atoms with E-state index in [2.05, 4.69) is 60.7 Å². The lowest BCUT2D eigenvalue weighted by molar-refractivity contribution is -0.157. The maximum absolute atomic E-state index is 12.9. The lowest BCUT2D eigenvalue weighted by Gasteiger charge is -2.30. The zero-order chi connectivity index (χ0) is 18.8. The van der Waals surface area contributed by atoms with Crippen molar-refractivity contribution in [1.82, 2.24) is 0 Å². The molecule has 3 aliphatic rings. The molecule has 0 spiro atoms. The molecule has 0 saturated carbocycles. The molecule has 0 aromatic heterocycles. The van der Waals surface area contributed by atoms with Crippen molar-refractivity contribution in [3.05, 3.63) is 82.5 Å². The van der Waals surface area contributed by atoms with Gasteiger partial charge in [-0.1, -0.05) is 60.7 Å². The van der Waals surface area contributed by atoms with E-state index < -0.39 is 5.60 Å². The molecule has 3 aliphatic carbocycles. The number of fused-ring (bicyclic) bond motifs is 4. The van der Waals surface area contributed by atoms with Gasteiger partial charge in [-0.3, -0.25) is 4.79 Å². The molecule has 2 aromatic carbocycles. The molecule has 2 aromatic rings. The van der Waals surface area contributed by atoms with Gasteiger partial charge >= 0.3 is 5.97 Å². The Bertz CT molecular complexity index is 1110. The van der Waals surface area contributed by atoms with Gasteiger partial charge in [0.15, 0.2) is 0 Å². The fourth-order valence-corrected chi connectivity index (χ4v) is 4.48. The van der Waals surface area contributed by atoms with E-state index in [1.54, 1.807) is 0 Å². The van der Waals surface area contributed by atoms with Crippen LogP contribution >= 0.6 is 0 Å². The van der Waals surface area contributed by atoms with E-state index >= 15 is 0 Å². The van der Waals surface area contributed by atoms with Gasteiger partial charge in [0.1, 0.15) is 11.5 Å². The van der Waals surface area contributed by atoms with E-state index in [1.807, 2.05) is 20.8 Å². The largest absolute Gasteiger partial charge is 0.459 e. The second-order valence-electron chi connectivity index (χ2n) is 8.48. The predicted octanol–water partition coefficient (Wildman–Crippen LogP) is 5.85. The maximum Gasteiger partial charge on any atom is 0.318 e. The first-order valence-corrected chi connectivity index (χ1v) is 9.49. The Morgan fingerprint density at radius 3 is 2.59 bits per heavy atom. The number of carbonyl (C=O) groups is 1. The Labute approximate surface area is 159 Å². The molecule has 5 rings (SSSR count). The van der Waals surface area contributed by atoms with Crippen LogP contribution < -0.4 is 0 Å². The van der Waals surface area contributed by atoms with E-state index in [9.17, 15) is 4.79 Å². The van der Waals surface area contributed by atoms with Crippen LogP contribution in [0.4, 0.5) is 0 Å². The average Bonchev–Trinajstić information content (AvgIpc) is 2.84. The first-order chi connectivity index (χ1) is 12.9. The molecule has 0 heterocycles. The monoisotopic (exact) mass is 354 g/mol. The van der Waals surface area contributed by atoms with Crippen molar-refractivity contribution in [2.24, 2.45) is 5.92 Å². The molecule has 1 atom stereocenters. The van der Waals surface area contributed by atoms with E-state index in [4.69, 9.17) is 4.74 Å². The van der Waals surface area contributed by atoms with Crippen molar-refractivity contribution >= 4 is 28.4 Å². The zero-order valence-electron chi connectivity index (χ0n) is 15.9. The normalized spacial score (nSPS) is 20.2. The number of allylic oxidation sites excluding steroid dienone is 5. The Morgan fingerprint density at radius 1 is 1.04 bits per heavy atom. The van der Waals surface area contributed by atoms with Crippen LogP contribution in [-0.2, 0) is 9.53 Å². The van der Waals surface area contributed by atoms with Crippen LogP contribution in [0.2, 0.25) is 0 Å². The SMILES string of the molecule is CC(C)(C)OC(=O)C1C2=CC=C1C1=C(C2)c2cccc3cccc(c23)C=C1. The molecule has 0 saturated heterocycles. The van der Waals surface area contributed by atoms with Gasteiger partial charge in [0.05, 0.1) is 0 Å². The number of benzene rings is 2. The Kier molecular flexibility index (Phi) is 3.36. The molecule has 0 aliphatic heterocycles. The van der Waals surface area contributed by atoms with Gasteiger partial charge in [0, 0.05) is 0 Å². The molecule has 0 N–H and O–H groups in total. The van der Waals surface area contributed by atoms with Gasteiger partial charge < -0.3 is 4.74 Å². The van der Waals surface area contributed by atoms with Crippen LogP contribution in [0, 0.1) is 5.92 Å². The fourth-order valence-electron chi connectivity index (χ4n) is 4.48. The number of hydrogen-bond acceptors (Lipinski definition) is 2. The fraction of sp³-hybridized carbons (Fsp3) is 0.240. The van der Waals surface area contributed by atoms with Crippen molar-refractivity contribution in [2.75, 3.05) is 0 Å². The summed E-state index contributed by atoms with van der Waals surface area (Å²) in [5, 5.41) is 2.56. The summed E-state index contributed by atoms with van der Waals surface area (Å²) in [5.74, 6) is -0.412. The molecule has 2 nitrogen and oxygen atoms in total. The molecular formula is C25H22O2. The number of hydrogen-bond donors (Lipinski definition) is 0. The molecule has 2 bridgehead atoms. The second kappa shape index (κ2) is 5.56. The van der Waals surface area contributed by atoms with E-state index in [-0.39, 0.29) is 11.9 Å². The first kappa shape index (κ1) is 16.3. The van der Waals surface area contributed by atoms with Gasteiger partial charge in [0.2, 0.25) is 0 Å². The van der Waals surface area contributed by atoms with Gasteiger partial charge in [-0.25, -0.2) is 0 Å². The van der Waals surface area contributed by atoms with Crippen molar-refractivity contribution in [2.45, 2.75) is 32.8 Å². The summed E-state index contributed by atoms with van der Waals surface area (Å²) in [7, 11) is 0. The first-order valence-electron chi connectivity index (χ1n) is 9.49. The summed E-state index contributed by atoms with van der Waals surface area (Å²) in [6.07, 6.45) is 9.37. The van der Waals surface area contributed by atoms with Crippen LogP contribution in [-0.4, -0.2) is 11.6 Å².